The summed E-state index contributed by atoms with van der Waals surface area (Å²) >= 11 is 0. The van der Waals surface area contributed by atoms with Crippen molar-refractivity contribution in [3.05, 3.63) is 0 Å². The maximum Gasteiger partial charge on any atom is 0.401 e. The first-order valence-corrected chi connectivity index (χ1v) is 7.34. The first-order valence-electron chi connectivity index (χ1n) is 7.34. The summed E-state index contributed by atoms with van der Waals surface area (Å²) in [6.45, 7) is 4.85. The molecule has 0 saturated heterocycles. The van der Waals surface area contributed by atoms with Crippen LogP contribution < -0.4 is 5.32 Å². The average molecular weight is 280 g/mol. The maximum absolute atomic E-state index is 12.4. The Bertz CT molecular complexity index is 256. The highest BCUT2D eigenvalue weighted by Gasteiger charge is 2.33. The van der Waals surface area contributed by atoms with Crippen molar-refractivity contribution < 1.29 is 13.2 Å². The number of rotatable bonds is 6. The van der Waals surface area contributed by atoms with Crippen molar-refractivity contribution in [3.63, 3.8) is 0 Å². The summed E-state index contributed by atoms with van der Waals surface area (Å²) < 4.78 is 37.2. The molecule has 19 heavy (non-hydrogen) atoms. The van der Waals surface area contributed by atoms with Crippen LogP contribution >= 0.6 is 0 Å². The first kappa shape index (κ1) is 16.8. The Balaban J connectivity index is 2.53. The molecule has 0 aromatic carbocycles. The van der Waals surface area contributed by atoms with E-state index in [0.717, 1.165) is 25.8 Å². The lowest BCUT2D eigenvalue weighted by molar-refractivity contribution is -0.144. The Morgan fingerprint density at radius 3 is 2.42 bits per heavy atom. The average Bonchev–Trinajstić information content (AvgIpc) is 2.29. The predicted octanol–water partition coefficient (Wildman–Crippen LogP) is 3.28. The minimum absolute atomic E-state index is 0.339. The summed E-state index contributed by atoms with van der Waals surface area (Å²) in [4.78, 5) is 1.42. The van der Waals surface area contributed by atoms with E-state index in [0.29, 0.717) is 24.4 Å². The molecule has 0 heterocycles. The molecule has 3 unspecified atom stereocenters. The quantitative estimate of drug-likeness (QED) is 0.803. The molecule has 0 bridgehead atoms. The van der Waals surface area contributed by atoms with Crippen molar-refractivity contribution in [1.29, 1.82) is 0 Å². The van der Waals surface area contributed by atoms with E-state index in [4.69, 9.17) is 0 Å². The van der Waals surface area contributed by atoms with Gasteiger partial charge in [0.25, 0.3) is 0 Å². The molecule has 0 aromatic rings. The Hall–Kier alpha value is -0.290. The third kappa shape index (κ3) is 6.13. The normalized spacial score (nSPS) is 28.9. The van der Waals surface area contributed by atoms with Gasteiger partial charge in [-0.25, -0.2) is 0 Å². The summed E-state index contributed by atoms with van der Waals surface area (Å²) in [5, 5.41) is 3.44. The zero-order chi connectivity index (χ0) is 14.5. The van der Waals surface area contributed by atoms with E-state index in [2.05, 4.69) is 19.2 Å². The smallest absolute Gasteiger partial charge is 0.314 e. The molecule has 0 aromatic heterocycles. The molecule has 1 fully saturated rings. The second kappa shape index (κ2) is 7.48. The van der Waals surface area contributed by atoms with E-state index in [-0.39, 0.29) is 0 Å². The molecule has 3 atom stereocenters. The zero-order valence-corrected chi connectivity index (χ0v) is 12.3. The van der Waals surface area contributed by atoms with Crippen molar-refractivity contribution in [1.82, 2.24) is 10.2 Å². The van der Waals surface area contributed by atoms with Crippen LogP contribution in [-0.2, 0) is 0 Å². The van der Waals surface area contributed by atoms with Crippen LogP contribution in [0.2, 0.25) is 0 Å². The zero-order valence-electron chi connectivity index (χ0n) is 12.3. The fourth-order valence-electron chi connectivity index (χ4n) is 3.24. The van der Waals surface area contributed by atoms with Gasteiger partial charge in [-0.05, 0) is 44.7 Å². The van der Waals surface area contributed by atoms with E-state index >= 15 is 0 Å². The molecule has 0 radical (unpaired) electrons. The largest absolute Gasteiger partial charge is 0.401 e. The first-order chi connectivity index (χ1) is 8.85. The predicted molar refractivity (Wildman–Crippen MR) is 72.1 cm³/mol. The van der Waals surface area contributed by atoms with Gasteiger partial charge in [0.2, 0.25) is 0 Å². The molecular weight excluding hydrogens is 253 g/mol. The van der Waals surface area contributed by atoms with Gasteiger partial charge in [0.1, 0.15) is 0 Å². The van der Waals surface area contributed by atoms with Gasteiger partial charge in [-0.2, -0.15) is 13.2 Å². The molecule has 2 nitrogen and oxygen atoms in total. The lowest BCUT2D eigenvalue weighted by Crippen LogP contribution is -2.46. The van der Waals surface area contributed by atoms with E-state index < -0.39 is 12.7 Å². The Morgan fingerprint density at radius 1 is 1.21 bits per heavy atom. The summed E-state index contributed by atoms with van der Waals surface area (Å²) in [7, 11) is 1.58. The molecule has 1 rings (SSSR count). The molecule has 0 aliphatic heterocycles. The fraction of sp³-hybridized carbons (Fsp3) is 1.00. The van der Waals surface area contributed by atoms with Crippen LogP contribution in [0, 0.1) is 11.8 Å². The third-order valence-electron chi connectivity index (χ3n) is 4.13. The van der Waals surface area contributed by atoms with Crippen LogP contribution in [0.5, 0.6) is 0 Å². The summed E-state index contributed by atoms with van der Waals surface area (Å²) in [5.74, 6) is 1.02. The van der Waals surface area contributed by atoms with Crippen LogP contribution in [0.3, 0.4) is 0 Å². The van der Waals surface area contributed by atoms with E-state index in [9.17, 15) is 13.2 Å². The standard InChI is InChI=1S/C14H27F3N2/c1-4-11-6-7-13(18-5-2)12(8-11)9-19(3)10-14(15,16)17/h11-13,18H,4-10H2,1-3H3. The van der Waals surface area contributed by atoms with Gasteiger partial charge in [0, 0.05) is 12.6 Å². The van der Waals surface area contributed by atoms with Gasteiger partial charge in [0.15, 0.2) is 0 Å². The lowest BCUT2D eigenvalue weighted by Gasteiger charge is -2.38. The highest BCUT2D eigenvalue weighted by atomic mass is 19.4. The van der Waals surface area contributed by atoms with Gasteiger partial charge in [-0.3, -0.25) is 4.90 Å². The third-order valence-corrected chi connectivity index (χ3v) is 4.13. The number of hydrogen-bond acceptors (Lipinski definition) is 2. The van der Waals surface area contributed by atoms with Crippen LogP contribution in [0.25, 0.3) is 0 Å². The Labute approximate surface area is 114 Å². The van der Waals surface area contributed by atoms with Crippen molar-refractivity contribution >= 4 is 0 Å². The molecule has 5 heteroatoms. The van der Waals surface area contributed by atoms with Gasteiger partial charge in [-0.1, -0.05) is 20.3 Å². The second-order valence-corrected chi connectivity index (χ2v) is 5.82. The van der Waals surface area contributed by atoms with E-state index in [1.165, 1.54) is 11.3 Å². The van der Waals surface area contributed by atoms with Gasteiger partial charge < -0.3 is 5.32 Å². The van der Waals surface area contributed by atoms with E-state index in [1.54, 1.807) is 7.05 Å². The van der Waals surface area contributed by atoms with Gasteiger partial charge in [0.05, 0.1) is 6.54 Å². The number of halogens is 3. The van der Waals surface area contributed by atoms with Crippen molar-refractivity contribution in [2.75, 3.05) is 26.7 Å². The van der Waals surface area contributed by atoms with Crippen LogP contribution in [0.1, 0.15) is 39.5 Å². The molecule has 1 aliphatic carbocycles. The monoisotopic (exact) mass is 280 g/mol. The summed E-state index contributed by atoms with van der Waals surface area (Å²) in [6, 6.07) is 0.378. The van der Waals surface area contributed by atoms with Crippen LogP contribution in [-0.4, -0.2) is 43.8 Å². The highest BCUT2D eigenvalue weighted by molar-refractivity contribution is 4.86. The number of nitrogens with one attached hydrogen (secondary N) is 1. The second-order valence-electron chi connectivity index (χ2n) is 5.82. The SMILES string of the molecule is CCNC1CCC(CC)CC1CN(C)CC(F)(F)F. The number of hydrogen-bond donors (Lipinski definition) is 1. The summed E-state index contributed by atoms with van der Waals surface area (Å²) in [6.07, 6.45) is 0.389. The molecule has 1 aliphatic rings. The lowest BCUT2D eigenvalue weighted by atomic mass is 9.76. The maximum atomic E-state index is 12.4. The molecular formula is C14H27F3N2. The summed E-state index contributed by atoms with van der Waals surface area (Å²) in [5.41, 5.74) is 0. The van der Waals surface area contributed by atoms with Crippen LogP contribution in [0.4, 0.5) is 13.2 Å². The molecule has 0 spiro atoms. The molecule has 1 saturated carbocycles. The highest BCUT2D eigenvalue weighted by Crippen LogP contribution is 2.32. The Kier molecular flexibility index (Phi) is 6.60. The fourth-order valence-corrected chi connectivity index (χ4v) is 3.24. The Morgan fingerprint density at radius 2 is 1.89 bits per heavy atom. The van der Waals surface area contributed by atoms with Gasteiger partial charge >= 0.3 is 6.18 Å². The van der Waals surface area contributed by atoms with Crippen molar-refractivity contribution in [3.8, 4) is 0 Å². The minimum atomic E-state index is -4.10. The minimum Gasteiger partial charge on any atom is -0.314 e. The van der Waals surface area contributed by atoms with Crippen LogP contribution in [0.15, 0.2) is 0 Å². The topological polar surface area (TPSA) is 15.3 Å². The molecule has 0 amide bonds. The molecule has 1 N–H and O–H groups in total. The number of alkyl halides is 3. The van der Waals surface area contributed by atoms with E-state index in [1.807, 2.05) is 0 Å². The van der Waals surface area contributed by atoms with Crippen molar-refractivity contribution in [2.45, 2.75) is 51.7 Å². The molecule has 114 valence electrons. The number of nitrogens with zero attached hydrogens (tertiary/aromatic N) is 1. The van der Waals surface area contributed by atoms with Crippen molar-refractivity contribution in [2.24, 2.45) is 11.8 Å². The van der Waals surface area contributed by atoms with Gasteiger partial charge in [-0.15, -0.1) is 0 Å².